The van der Waals surface area contributed by atoms with E-state index in [1.807, 2.05) is 30.3 Å². The Labute approximate surface area is 102 Å². The molecule has 0 saturated carbocycles. The highest BCUT2D eigenvalue weighted by Gasteiger charge is 2.01. The van der Waals surface area contributed by atoms with Crippen LogP contribution >= 0.6 is 15.9 Å². The van der Waals surface area contributed by atoms with Crippen molar-refractivity contribution >= 4 is 15.9 Å². The summed E-state index contributed by atoms with van der Waals surface area (Å²) in [5.41, 5.74) is 2.01. The van der Waals surface area contributed by atoms with Crippen molar-refractivity contribution in [1.29, 1.82) is 0 Å². The van der Waals surface area contributed by atoms with Crippen LogP contribution in [0.2, 0.25) is 0 Å². The van der Waals surface area contributed by atoms with E-state index < -0.39 is 0 Å². The van der Waals surface area contributed by atoms with Gasteiger partial charge in [0, 0.05) is 16.1 Å². The summed E-state index contributed by atoms with van der Waals surface area (Å²) in [6.45, 7) is 3.47. The summed E-state index contributed by atoms with van der Waals surface area (Å²) in [6.07, 6.45) is 3.02. The number of benzene rings is 1. The highest BCUT2D eigenvalue weighted by atomic mass is 79.9. The minimum Gasteiger partial charge on any atom is -0.446 e. The molecule has 0 saturated heterocycles. The van der Waals surface area contributed by atoms with Crippen LogP contribution in [0.25, 0.3) is 11.1 Å². The first-order valence-corrected chi connectivity index (χ1v) is 5.45. The number of ether oxygens (including phenoxy) is 1. The number of nitrogens with zero attached hydrogens (tertiary/aromatic N) is 2. The molecule has 0 aliphatic carbocycles. The van der Waals surface area contributed by atoms with Crippen LogP contribution in [-0.4, -0.2) is 10.2 Å². The Morgan fingerprint density at radius 3 is 2.88 bits per heavy atom. The van der Waals surface area contributed by atoms with E-state index in [0.717, 1.165) is 15.6 Å². The van der Waals surface area contributed by atoms with Crippen molar-refractivity contribution in [2.75, 3.05) is 0 Å². The molecular formula is C12H9BrN2O. The molecule has 3 nitrogen and oxygen atoms in total. The van der Waals surface area contributed by atoms with E-state index >= 15 is 0 Å². The van der Waals surface area contributed by atoms with Gasteiger partial charge in [0.05, 0.1) is 12.5 Å². The van der Waals surface area contributed by atoms with Crippen molar-refractivity contribution in [2.45, 2.75) is 0 Å². The van der Waals surface area contributed by atoms with E-state index in [1.165, 1.54) is 6.26 Å². The fraction of sp³-hybridized carbons (Fsp3) is 0. The standard InChI is InChI=1S/C12H9BrN2O/c1-2-16-12-7-10(8-14-15-12)9-4-3-5-11(13)6-9/h2-8H,1H2. The van der Waals surface area contributed by atoms with Crippen LogP contribution in [0.4, 0.5) is 0 Å². The van der Waals surface area contributed by atoms with Gasteiger partial charge in [0.1, 0.15) is 0 Å². The van der Waals surface area contributed by atoms with Crippen LogP contribution in [0.5, 0.6) is 5.88 Å². The average molecular weight is 277 g/mol. The molecule has 1 aromatic carbocycles. The fourth-order valence-corrected chi connectivity index (χ4v) is 1.72. The predicted molar refractivity (Wildman–Crippen MR) is 66.0 cm³/mol. The first-order valence-electron chi connectivity index (χ1n) is 4.66. The zero-order valence-electron chi connectivity index (χ0n) is 8.43. The monoisotopic (exact) mass is 276 g/mol. The van der Waals surface area contributed by atoms with Gasteiger partial charge in [-0.3, -0.25) is 0 Å². The van der Waals surface area contributed by atoms with E-state index in [9.17, 15) is 0 Å². The molecule has 4 heteroatoms. The van der Waals surface area contributed by atoms with Gasteiger partial charge in [-0.1, -0.05) is 34.6 Å². The lowest BCUT2D eigenvalue weighted by atomic mass is 10.1. The van der Waals surface area contributed by atoms with Crippen LogP contribution in [0.1, 0.15) is 0 Å². The SMILES string of the molecule is C=COc1cc(-c2cccc(Br)c2)cnn1. The number of rotatable bonds is 3. The number of halogens is 1. The molecule has 2 rings (SSSR count). The summed E-state index contributed by atoms with van der Waals surface area (Å²) >= 11 is 3.43. The number of aromatic nitrogens is 2. The average Bonchev–Trinajstić information content (AvgIpc) is 2.30. The normalized spacial score (nSPS) is 9.81. The Balaban J connectivity index is 2.40. The zero-order chi connectivity index (χ0) is 11.4. The Kier molecular flexibility index (Phi) is 3.31. The molecule has 80 valence electrons. The number of hydrogen-bond donors (Lipinski definition) is 0. The summed E-state index contributed by atoms with van der Waals surface area (Å²) in [6, 6.07) is 9.76. The van der Waals surface area contributed by atoms with Crippen molar-refractivity contribution in [3.05, 3.63) is 53.8 Å². The van der Waals surface area contributed by atoms with Crippen LogP contribution in [0.15, 0.2) is 53.8 Å². The van der Waals surface area contributed by atoms with Crippen LogP contribution in [-0.2, 0) is 0 Å². The van der Waals surface area contributed by atoms with E-state index in [1.54, 1.807) is 6.20 Å². The lowest BCUT2D eigenvalue weighted by molar-refractivity contribution is 0.456. The van der Waals surface area contributed by atoms with Crippen molar-refractivity contribution in [3.63, 3.8) is 0 Å². The second-order valence-corrected chi connectivity index (χ2v) is 3.99. The van der Waals surface area contributed by atoms with E-state index in [0.29, 0.717) is 5.88 Å². The van der Waals surface area contributed by atoms with Crippen LogP contribution in [0.3, 0.4) is 0 Å². The highest BCUT2D eigenvalue weighted by Crippen LogP contribution is 2.24. The van der Waals surface area contributed by atoms with Gasteiger partial charge in [-0.25, -0.2) is 0 Å². The third-order valence-corrected chi connectivity index (χ3v) is 2.49. The summed E-state index contributed by atoms with van der Waals surface area (Å²) in [5.74, 6) is 0.437. The van der Waals surface area contributed by atoms with Gasteiger partial charge in [-0.2, -0.15) is 5.10 Å². The van der Waals surface area contributed by atoms with E-state index in [4.69, 9.17) is 4.74 Å². The van der Waals surface area contributed by atoms with Crippen LogP contribution in [0, 0.1) is 0 Å². The van der Waals surface area contributed by atoms with Crippen molar-refractivity contribution in [3.8, 4) is 17.0 Å². The summed E-state index contributed by atoms with van der Waals surface area (Å²) in [4.78, 5) is 0. The third-order valence-electron chi connectivity index (χ3n) is 1.99. The zero-order valence-corrected chi connectivity index (χ0v) is 10.0. The fourth-order valence-electron chi connectivity index (χ4n) is 1.32. The van der Waals surface area contributed by atoms with Crippen LogP contribution < -0.4 is 4.74 Å². The lowest BCUT2D eigenvalue weighted by Crippen LogP contribution is -1.90. The third kappa shape index (κ3) is 2.46. The molecule has 0 aliphatic rings. The van der Waals surface area contributed by atoms with Gasteiger partial charge in [0.2, 0.25) is 5.88 Å². The molecule has 0 N–H and O–H groups in total. The van der Waals surface area contributed by atoms with Gasteiger partial charge in [0.15, 0.2) is 0 Å². The summed E-state index contributed by atoms with van der Waals surface area (Å²) in [5, 5.41) is 7.69. The highest BCUT2D eigenvalue weighted by molar-refractivity contribution is 9.10. The Morgan fingerprint density at radius 2 is 2.12 bits per heavy atom. The van der Waals surface area contributed by atoms with Gasteiger partial charge < -0.3 is 4.74 Å². The van der Waals surface area contributed by atoms with Gasteiger partial charge in [0.25, 0.3) is 0 Å². The Morgan fingerprint density at radius 1 is 1.25 bits per heavy atom. The molecule has 1 heterocycles. The van der Waals surface area contributed by atoms with Crippen molar-refractivity contribution in [2.24, 2.45) is 0 Å². The first-order chi connectivity index (χ1) is 7.79. The van der Waals surface area contributed by atoms with Gasteiger partial charge in [-0.05, 0) is 17.7 Å². The molecule has 2 aromatic rings. The Bertz CT molecular complexity index is 514. The second kappa shape index (κ2) is 4.90. The predicted octanol–water partition coefficient (Wildman–Crippen LogP) is 3.43. The quantitative estimate of drug-likeness (QED) is 0.806. The molecule has 0 fully saturated rings. The molecule has 0 amide bonds. The maximum atomic E-state index is 5.08. The largest absolute Gasteiger partial charge is 0.446 e. The molecule has 0 bridgehead atoms. The van der Waals surface area contributed by atoms with Crippen molar-refractivity contribution < 1.29 is 4.74 Å². The molecule has 16 heavy (non-hydrogen) atoms. The minimum atomic E-state index is 0.437. The van der Waals surface area contributed by atoms with E-state index in [-0.39, 0.29) is 0 Å². The molecular weight excluding hydrogens is 268 g/mol. The molecule has 0 unspecified atom stereocenters. The van der Waals surface area contributed by atoms with Gasteiger partial charge >= 0.3 is 0 Å². The lowest BCUT2D eigenvalue weighted by Gasteiger charge is -2.03. The minimum absolute atomic E-state index is 0.437. The second-order valence-electron chi connectivity index (χ2n) is 3.08. The topological polar surface area (TPSA) is 35.0 Å². The number of hydrogen-bond acceptors (Lipinski definition) is 3. The Hall–Kier alpha value is -1.68. The van der Waals surface area contributed by atoms with E-state index in [2.05, 4.69) is 32.7 Å². The molecule has 0 atom stereocenters. The maximum Gasteiger partial charge on any atom is 0.238 e. The summed E-state index contributed by atoms with van der Waals surface area (Å²) in [7, 11) is 0. The smallest absolute Gasteiger partial charge is 0.238 e. The molecule has 0 radical (unpaired) electrons. The van der Waals surface area contributed by atoms with Crippen molar-refractivity contribution in [1.82, 2.24) is 10.2 Å². The molecule has 1 aromatic heterocycles. The first kappa shape index (κ1) is 10.8. The maximum absolute atomic E-state index is 5.08. The molecule has 0 aliphatic heterocycles. The molecule has 0 spiro atoms. The summed E-state index contributed by atoms with van der Waals surface area (Å²) < 4.78 is 6.10. The van der Waals surface area contributed by atoms with Gasteiger partial charge in [-0.15, -0.1) is 5.10 Å².